The average Bonchev–Trinajstić information content (AvgIpc) is 3.09. The highest BCUT2D eigenvalue weighted by Gasteiger charge is 2.33. The number of rotatable bonds is 10. The Morgan fingerprint density at radius 2 is 1.33 bits per heavy atom. The molecule has 0 saturated heterocycles. The number of fused-ring (bicyclic) bond motifs is 2. The van der Waals surface area contributed by atoms with Gasteiger partial charge in [0.2, 0.25) is 0 Å². The minimum absolute atomic E-state index is 0.291. The van der Waals surface area contributed by atoms with Crippen LogP contribution in [0.1, 0.15) is 62.1 Å². The number of para-hydroxylation sites is 1. The molecule has 2 unspecified atom stereocenters. The summed E-state index contributed by atoms with van der Waals surface area (Å²) in [6.45, 7) is 8.44. The third-order valence-electron chi connectivity index (χ3n) is 10.2. The lowest BCUT2D eigenvalue weighted by molar-refractivity contribution is 0.00139. The zero-order chi connectivity index (χ0) is 31.3. The Morgan fingerprint density at radius 3 is 1.93 bits per heavy atom. The van der Waals surface area contributed by atoms with Gasteiger partial charge in [-0.2, -0.15) is 0 Å². The van der Waals surface area contributed by atoms with Gasteiger partial charge in [0.1, 0.15) is 37.4 Å². The average molecular weight is 625 g/mol. The normalized spacial score (nSPS) is 24.7. The lowest BCUT2D eigenvalue weighted by Crippen LogP contribution is -2.47. The SMILES string of the molecule is Cc1ccccc1OCNc1ccc2c(c1)CN(C1CCC(N3COc4ccc(NCOC5CC=CCC5C)cc4C3)CC1)CO2. The fraction of sp³-hybridized carbons (Fsp3) is 0.474. The van der Waals surface area contributed by atoms with Gasteiger partial charge in [0.05, 0.1) is 6.10 Å². The number of allylic oxidation sites excluding steroid dienone is 1. The summed E-state index contributed by atoms with van der Waals surface area (Å²) in [7, 11) is 0. The second-order valence-corrected chi connectivity index (χ2v) is 13.3. The van der Waals surface area contributed by atoms with Crippen molar-refractivity contribution >= 4 is 11.4 Å². The van der Waals surface area contributed by atoms with Gasteiger partial charge in [-0.1, -0.05) is 37.3 Å². The molecule has 0 aromatic heterocycles. The minimum Gasteiger partial charge on any atom is -0.478 e. The molecule has 0 bridgehead atoms. The van der Waals surface area contributed by atoms with Crippen LogP contribution in [-0.4, -0.2) is 54.9 Å². The summed E-state index contributed by atoms with van der Waals surface area (Å²) in [5.74, 6) is 3.46. The van der Waals surface area contributed by atoms with Crippen LogP contribution in [0.3, 0.4) is 0 Å². The second kappa shape index (κ2) is 14.4. The summed E-state index contributed by atoms with van der Waals surface area (Å²) in [6, 6.07) is 22.0. The molecule has 3 aromatic carbocycles. The van der Waals surface area contributed by atoms with Crippen molar-refractivity contribution in [1.29, 1.82) is 0 Å². The van der Waals surface area contributed by atoms with E-state index >= 15 is 0 Å². The van der Waals surface area contributed by atoms with Gasteiger partial charge in [0.15, 0.2) is 6.73 Å². The van der Waals surface area contributed by atoms with Gasteiger partial charge < -0.3 is 29.6 Å². The van der Waals surface area contributed by atoms with E-state index in [-0.39, 0.29) is 0 Å². The van der Waals surface area contributed by atoms with Crippen LogP contribution in [-0.2, 0) is 17.8 Å². The molecule has 1 saturated carbocycles. The molecule has 0 amide bonds. The van der Waals surface area contributed by atoms with Gasteiger partial charge in [0.25, 0.3) is 0 Å². The van der Waals surface area contributed by atoms with Crippen molar-refractivity contribution in [3.8, 4) is 17.2 Å². The van der Waals surface area contributed by atoms with E-state index in [0.29, 0.717) is 51.0 Å². The van der Waals surface area contributed by atoms with Crippen molar-refractivity contribution in [3.63, 3.8) is 0 Å². The largest absolute Gasteiger partial charge is 0.478 e. The Hall–Kier alpha value is -3.72. The van der Waals surface area contributed by atoms with E-state index in [9.17, 15) is 0 Å². The first-order valence-corrected chi connectivity index (χ1v) is 17.0. The zero-order valence-corrected chi connectivity index (χ0v) is 27.3. The molecule has 1 fully saturated rings. The number of anilines is 2. The second-order valence-electron chi connectivity index (χ2n) is 13.3. The number of hydrogen-bond acceptors (Lipinski definition) is 8. The Bertz CT molecular complexity index is 1500. The Morgan fingerprint density at radius 1 is 0.739 bits per heavy atom. The maximum Gasteiger partial charge on any atom is 0.159 e. The quantitative estimate of drug-likeness (QED) is 0.178. The van der Waals surface area contributed by atoms with E-state index in [2.05, 4.69) is 88.9 Å². The lowest BCUT2D eigenvalue weighted by atomic mass is 9.88. The van der Waals surface area contributed by atoms with Crippen LogP contribution in [0.15, 0.2) is 72.8 Å². The monoisotopic (exact) mass is 624 g/mol. The van der Waals surface area contributed by atoms with E-state index < -0.39 is 0 Å². The third-order valence-corrected chi connectivity index (χ3v) is 10.2. The molecule has 46 heavy (non-hydrogen) atoms. The summed E-state index contributed by atoms with van der Waals surface area (Å²) in [5, 5.41) is 6.90. The van der Waals surface area contributed by atoms with Gasteiger partial charge in [-0.25, -0.2) is 0 Å². The molecular weight excluding hydrogens is 576 g/mol. The zero-order valence-electron chi connectivity index (χ0n) is 27.3. The highest BCUT2D eigenvalue weighted by Crippen LogP contribution is 2.36. The Kier molecular flexibility index (Phi) is 9.65. The molecule has 2 heterocycles. The number of ether oxygens (including phenoxy) is 4. The summed E-state index contributed by atoms with van der Waals surface area (Å²) < 4.78 is 24.5. The van der Waals surface area contributed by atoms with Gasteiger partial charge in [-0.3, -0.25) is 9.80 Å². The first-order valence-electron chi connectivity index (χ1n) is 17.0. The minimum atomic E-state index is 0.291. The van der Waals surface area contributed by atoms with E-state index in [1.807, 2.05) is 18.2 Å². The smallest absolute Gasteiger partial charge is 0.159 e. The lowest BCUT2D eigenvalue weighted by Gasteiger charge is -2.43. The van der Waals surface area contributed by atoms with Crippen LogP contribution < -0.4 is 24.8 Å². The Balaban J connectivity index is 0.879. The van der Waals surface area contributed by atoms with Gasteiger partial charge >= 0.3 is 0 Å². The fourth-order valence-corrected chi connectivity index (χ4v) is 7.30. The number of aryl methyl sites for hydroxylation is 1. The van der Waals surface area contributed by atoms with Crippen molar-refractivity contribution in [2.24, 2.45) is 5.92 Å². The fourth-order valence-electron chi connectivity index (χ4n) is 7.30. The molecule has 4 aliphatic rings. The van der Waals surface area contributed by atoms with Crippen molar-refractivity contribution in [3.05, 3.63) is 89.5 Å². The predicted octanol–water partition coefficient (Wildman–Crippen LogP) is 7.50. The number of benzene rings is 3. The molecule has 0 spiro atoms. The van der Waals surface area contributed by atoms with E-state index in [4.69, 9.17) is 18.9 Å². The summed E-state index contributed by atoms with van der Waals surface area (Å²) in [4.78, 5) is 5.03. The van der Waals surface area contributed by atoms with E-state index in [0.717, 1.165) is 60.1 Å². The van der Waals surface area contributed by atoms with Crippen LogP contribution in [0, 0.1) is 12.8 Å². The van der Waals surface area contributed by atoms with Gasteiger partial charge in [-0.05, 0) is 99.4 Å². The van der Waals surface area contributed by atoms with Crippen molar-refractivity contribution in [1.82, 2.24) is 9.80 Å². The summed E-state index contributed by atoms with van der Waals surface area (Å²) in [5.41, 5.74) is 5.76. The predicted molar refractivity (Wildman–Crippen MR) is 182 cm³/mol. The topological polar surface area (TPSA) is 67.5 Å². The number of nitrogens with zero attached hydrogens (tertiary/aromatic N) is 2. The molecule has 2 atom stereocenters. The first kappa shape index (κ1) is 30.9. The molecule has 0 radical (unpaired) electrons. The van der Waals surface area contributed by atoms with Crippen molar-refractivity contribution in [2.45, 2.75) is 83.6 Å². The molecule has 2 N–H and O–H groups in total. The third kappa shape index (κ3) is 7.30. The number of nitrogens with one attached hydrogen (secondary N) is 2. The van der Waals surface area contributed by atoms with Crippen LogP contribution in [0.4, 0.5) is 11.4 Å². The molecule has 8 nitrogen and oxygen atoms in total. The maximum absolute atomic E-state index is 6.22. The molecule has 2 aliphatic heterocycles. The molecule has 2 aliphatic carbocycles. The van der Waals surface area contributed by atoms with Crippen LogP contribution in [0.2, 0.25) is 0 Å². The molecule has 3 aromatic rings. The first-order chi connectivity index (χ1) is 22.6. The van der Waals surface area contributed by atoms with Crippen LogP contribution in [0.25, 0.3) is 0 Å². The van der Waals surface area contributed by atoms with Gasteiger partial charge in [-0.15, -0.1) is 0 Å². The molecule has 244 valence electrons. The maximum atomic E-state index is 6.22. The van der Waals surface area contributed by atoms with Crippen molar-refractivity contribution in [2.75, 3.05) is 37.6 Å². The molecule has 7 rings (SSSR count). The van der Waals surface area contributed by atoms with Crippen LogP contribution >= 0.6 is 0 Å². The summed E-state index contributed by atoms with van der Waals surface area (Å²) >= 11 is 0. The Labute approximate surface area is 273 Å². The van der Waals surface area contributed by atoms with Crippen LogP contribution in [0.5, 0.6) is 17.2 Å². The number of hydrogen-bond donors (Lipinski definition) is 2. The highest BCUT2D eigenvalue weighted by atomic mass is 16.5. The highest BCUT2D eigenvalue weighted by molar-refractivity contribution is 5.52. The van der Waals surface area contributed by atoms with Gasteiger partial charge in [0, 0.05) is 47.7 Å². The van der Waals surface area contributed by atoms with Crippen molar-refractivity contribution < 1.29 is 18.9 Å². The molecular formula is C38H48N4O4. The summed E-state index contributed by atoms with van der Waals surface area (Å²) in [6.07, 6.45) is 11.6. The standard InChI is InChI=1S/C38H48N4O4/c1-27-7-3-5-9-35(27)43-23-39-31-11-17-37-29(19-31)21-41(25-45-37)33-13-15-34(16-14-33)42-22-30-20-32(12-18-38(30)46-26-42)40-24-44-36-10-6-4-8-28(36)2/h3-7,9,11-12,17-20,28,33-34,36,39-40H,8,10,13-16,21-26H2,1-2H3. The van der Waals surface area contributed by atoms with E-state index in [1.165, 1.54) is 36.8 Å². The van der Waals surface area contributed by atoms with E-state index in [1.54, 1.807) is 0 Å². The molecule has 8 heteroatoms.